The van der Waals surface area contributed by atoms with Crippen LogP contribution < -0.4 is 20.1 Å². The fourth-order valence-corrected chi connectivity index (χ4v) is 2.17. The molecule has 2 amide bonds. The van der Waals surface area contributed by atoms with E-state index in [1.807, 2.05) is 30.3 Å². The van der Waals surface area contributed by atoms with E-state index in [4.69, 9.17) is 9.47 Å². The molecule has 6 nitrogen and oxygen atoms in total. The summed E-state index contributed by atoms with van der Waals surface area (Å²) in [6.45, 7) is 0.997. The fourth-order valence-electron chi connectivity index (χ4n) is 2.17. The Labute approximate surface area is 147 Å². The summed E-state index contributed by atoms with van der Waals surface area (Å²) in [5, 5.41) is 5.49. The second-order valence-corrected chi connectivity index (χ2v) is 5.22. The molecule has 2 N–H and O–H groups in total. The van der Waals surface area contributed by atoms with Gasteiger partial charge in [0, 0.05) is 13.1 Å². The second-order valence-electron chi connectivity index (χ2n) is 5.22. The van der Waals surface area contributed by atoms with Crippen molar-refractivity contribution in [3.63, 3.8) is 0 Å². The lowest BCUT2D eigenvalue weighted by atomic mass is 10.2. The quantitative estimate of drug-likeness (QED) is 0.684. The minimum absolute atomic E-state index is 0.123. The number of benzene rings is 2. The highest BCUT2D eigenvalue weighted by atomic mass is 16.5. The van der Waals surface area contributed by atoms with Gasteiger partial charge in [-0.1, -0.05) is 30.3 Å². The van der Waals surface area contributed by atoms with Crippen molar-refractivity contribution in [3.05, 3.63) is 60.2 Å². The van der Waals surface area contributed by atoms with Crippen molar-refractivity contribution in [2.24, 2.45) is 0 Å². The van der Waals surface area contributed by atoms with Crippen molar-refractivity contribution in [2.75, 3.05) is 26.8 Å². The molecule has 25 heavy (non-hydrogen) atoms. The molecule has 132 valence electrons. The topological polar surface area (TPSA) is 76.7 Å². The molecule has 0 spiro atoms. The summed E-state index contributed by atoms with van der Waals surface area (Å²) in [7, 11) is 1.52. The molecular weight excluding hydrogens is 320 g/mol. The number of ether oxygens (including phenoxy) is 2. The van der Waals surface area contributed by atoms with Crippen LogP contribution in [0.5, 0.6) is 11.5 Å². The van der Waals surface area contributed by atoms with Crippen molar-refractivity contribution < 1.29 is 19.1 Å². The van der Waals surface area contributed by atoms with E-state index in [1.54, 1.807) is 24.3 Å². The van der Waals surface area contributed by atoms with Crippen LogP contribution in [-0.4, -0.2) is 38.6 Å². The zero-order chi connectivity index (χ0) is 17.9. The molecule has 0 aliphatic heterocycles. The zero-order valence-corrected chi connectivity index (χ0v) is 14.2. The number of methoxy groups -OCH3 is 1. The number of carbonyl (C=O) groups excluding carboxylic acids is 2. The summed E-state index contributed by atoms with van der Waals surface area (Å²) < 4.78 is 10.6. The Bertz CT molecular complexity index is 689. The van der Waals surface area contributed by atoms with E-state index in [0.717, 1.165) is 5.75 Å². The molecule has 0 unspecified atom stereocenters. The molecule has 0 fully saturated rings. The first kappa shape index (κ1) is 18.3. The first-order valence-corrected chi connectivity index (χ1v) is 8.06. The van der Waals surface area contributed by atoms with Gasteiger partial charge in [0.15, 0.2) is 0 Å². The lowest BCUT2D eigenvalue weighted by molar-refractivity contribution is -0.121. The van der Waals surface area contributed by atoms with Crippen molar-refractivity contribution in [3.8, 4) is 11.5 Å². The summed E-state index contributed by atoms with van der Waals surface area (Å²) in [4.78, 5) is 23.8. The molecule has 0 radical (unpaired) electrons. The molecule has 2 rings (SSSR count). The van der Waals surface area contributed by atoms with Gasteiger partial charge in [-0.2, -0.15) is 0 Å². The molecule has 0 atom stereocenters. The summed E-state index contributed by atoms with van der Waals surface area (Å²) >= 11 is 0. The highest BCUT2D eigenvalue weighted by Crippen LogP contribution is 2.16. The average molecular weight is 342 g/mol. The predicted octanol–water partition coefficient (Wildman–Crippen LogP) is 2.01. The van der Waals surface area contributed by atoms with Crippen molar-refractivity contribution in [1.29, 1.82) is 0 Å². The fraction of sp³-hybridized carbons (Fsp3) is 0.263. The average Bonchev–Trinajstić information content (AvgIpc) is 2.66. The second kappa shape index (κ2) is 9.97. The van der Waals surface area contributed by atoms with E-state index in [9.17, 15) is 9.59 Å². The molecule has 0 saturated carbocycles. The first-order valence-electron chi connectivity index (χ1n) is 8.06. The van der Waals surface area contributed by atoms with Crippen LogP contribution in [-0.2, 0) is 4.79 Å². The van der Waals surface area contributed by atoms with E-state index in [0.29, 0.717) is 31.0 Å². The van der Waals surface area contributed by atoms with Crippen molar-refractivity contribution >= 4 is 11.8 Å². The highest BCUT2D eigenvalue weighted by Gasteiger charge is 2.10. The maximum Gasteiger partial charge on any atom is 0.255 e. The number of para-hydroxylation sites is 2. The van der Waals surface area contributed by atoms with Gasteiger partial charge < -0.3 is 20.1 Å². The van der Waals surface area contributed by atoms with Gasteiger partial charge in [-0.05, 0) is 24.3 Å². The molecule has 0 heterocycles. The molecular formula is C19H22N2O4. The van der Waals surface area contributed by atoms with Crippen LogP contribution in [0.3, 0.4) is 0 Å². The molecule has 0 aliphatic rings. The van der Waals surface area contributed by atoms with Crippen LogP contribution in [0.2, 0.25) is 0 Å². The van der Waals surface area contributed by atoms with Crippen LogP contribution in [0, 0.1) is 0 Å². The Morgan fingerprint density at radius 3 is 2.36 bits per heavy atom. The van der Waals surface area contributed by atoms with Crippen LogP contribution in [0.15, 0.2) is 54.6 Å². The number of hydrogen-bond donors (Lipinski definition) is 2. The van der Waals surface area contributed by atoms with Gasteiger partial charge in [0.05, 0.1) is 25.7 Å². The maximum absolute atomic E-state index is 12.1. The molecule has 6 heteroatoms. The van der Waals surface area contributed by atoms with Gasteiger partial charge in [0.2, 0.25) is 5.91 Å². The standard InChI is InChI=1S/C19H22N2O4/c1-24-17-10-6-5-9-16(17)19(23)21-13-12-20-18(22)11-14-25-15-7-3-2-4-8-15/h2-10H,11-14H2,1H3,(H,20,22)(H,21,23). The Morgan fingerprint density at radius 2 is 1.60 bits per heavy atom. The third kappa shape index (κ3) is 6.18. The lowest BCUT2D eigenvalue weighted by Crippen LogP contribution is -2.35. The number of hydrogen-bond acceptors (Lipinski definition) is 4. The van der Waals surface area contributed by atoms with Gasteiger partial charge in [0.25, 0.3) is 5.91 Å². The van der Waals surface area contributed by atoms with Crippen LogP contribution >= 0.6 is 0 Å². The number of rotatable bonds is 9. The van der Waals surface area contributed by atoms with Gasteiger partial charge in [-0.25, -0.2) is 0 Å². The van der Waals surface area contributed by atoms with Crippen molar-refractivity contribution in [1.82, 2.24) is 10.6 Å². The molecule has 2 aromatic carbocycles. The minimum Gasteiger partial charge on any atom is -0.496 e. The highest BCUT2D eigenvalue weighted by molar-refractivity contribution is 5.96. The largest absolute Gasteiger partial charge is 0.496 e. The van der Waals surface area contributed by atoms with E-state index in [-0.39, 0.29) is 18.2 Å². The molecule has 0 saturated heterocycles. The summed E-state index contributed by atoms with van der Waals surface area (Å²) in [5.41, 5.74) is 0.465. The first-order chi connectivity index (χ1) is 12.2. The smallest absolute Gasteiger partial charge is 0.255 e. The van der Waals surface area contributed by atoms with Crippen LogP contribution in [0.25, 0.3) is 0 Å². The molecule has 0 aromatic heterocycles. The van der Waals surface area contributed by atoms with E-state index >= 15 is 0 Å². The van der Waals surface area contributed by atoms with Crippen LogP contribution in [0.1, 0.15) is 16.8 Å². The zero-order valence-electron chi connectivity index (χ0n) is 14.2. The Kier molecular flexibility index (Phi) is 7.31. The molecule has 0 bridgehead atoms. The predicted molar refractivity (Wildman–Crippen MR) is 94.9 cm³/mol. The van der Waals surface area contributed by atoms with Gasteiger partial charge in [-0.15, -0.1) is 0 Å². The number of amides is 2. The molecule has 0 aliphatic carbocycles. The summed E-state index contributed by atoms with van der Waals surface area (Å²) in [5.74, 6) is 0.892. The number of nitrogens with one attached hydrogen (secondary N) is 2. The molecule has 2 aromatic rings. The third-order valence-electron chi connectivity index (χ3n) is 3.43. The Hall–Kier alpha value is -3.02. The van der Waals surface area contributed by atoms with Gasteiger partial charge in [0.1, 0.15) is 11.5 Å². The summed E-state index contributed by atoms with van der Waals surface area (Å²) in [6, 6.07) is 16.3. The van der Waals surface area contributed by atoms with E-state index in [2.05, 4.69) is 10.6 Å². The van der Waals surface area contributed by atoms with Gasteiger partial charge in [-0.3, -0.25) is 9.59 Å². The van der Waals surface area contributed by atoms with Gasteiger partial charge >= 0.3 is 0 Å². The monoisotopic (exact) mass is 342 g/mol. The van der Waals surface area contributed by atoms with E-state index in [1.165, 1.54) is 7.11 Å². The van der Waals surface area contributed by atoms with Crippen LogP contribution in [0.4, 0.5) is 0 Å². The maximum atomic E-state index is 12.1. The Morgan fingerprint density at radius 1 is 0.920 bits per heavy atom. The van der Waals surface area contributed by atoms with Crippen molar-refractivity contribution in [2.45, 2.75) is 6.42 Å². The number of carbonyl (C=O) groups is 2. The lowest BCUT2D eigenvalue weighted by Gasteiger charge is -2.10. The minimum atomic E-state index is -0.237. The third-order valence-corrected chi connectivity index (χ3v) is 3.43. The summed E-state index contributed by atoms with van der Waals surface area (Å²) in [6.07, 6.45) is 0.259. The normalized spacial score (nSPS) is 9.96. The SMILES string of the molecule is COc1ccccc1C(=O)NCCNC(=O)CCOc1ccccc1. The van der Waals surface area contributed by atoms with E-state index < -0.39 is 0 Å². The Balaban J connectivity index is 1.62.